The Morgan fingerprint density at radius 2 is 1.61 bits per heavy atom. The molecule has 2 fully saturated rings. The number of carboxylic acid groups (broad SMARTS) is 1. The highest BCUT2D eigenvalue weighted by molar-refractivity contribution is 5.87. The van der Waals surface area contributed by atoms with E-state index in [2.05, 4.69) is 46.7 Å². The van der Waals surface area contributed by atoms with Crippen LogP contribution in [0.5, 0.6) is 0 Å². The number of carboxylic acids is 1. The quantitative estimate of drug-likeness (QED) is 0.246. The summed E-state index contributed by atoms with van der Waals surface area (Å²) in [7, 11) is 0. The second-order valence-corrected chi connectivity index (χ2v) is 16.7. The molecule has 4 heterocycles. The highest BCUT2D eigenvalue weighted by Crippen LogP contribution is 2.43. The molecular formula is C42H58F2N4O3. The molecule has 0 spiro atoms. The van der Waals surface area contributed by atoms with Gasteiger partial charge in [-0.2, -0.15) is 0 Å². The third kappa shape index (κ3) is 10.6. The number of aliphatic carboxylic acids is 1. The van der Waals surface area contributed by atoms with Crippen molar-refractivity contribution in [2.75, 3.05) is 37.6 Å². The fourth-order valence-corrected chi connectivity index (χ4v) is 7.50. The number of nitrogens with zero attached hydrogens (tertiary/aromatic N) is 4. The Bertz CT molecular complexity index is 1680. The number of alkyl halides is 1. The monoisotopic (exact) mass is 704 g/mol. The van der Waals surface area contributed by atoms with Gasteiger partial charge in [0.2, 0.25) is 0 Å². The minimum atomic E-state index is -0.853. The van der Waals surface area contributed by atoms with E-state index in [1.165, 1.54) is 11.1 Å². The van der Waals surface area contributed by atoms with Crippen LogP contribution in [-0.2, 0) is 37.3 Å². The highest BCUT2D eigenvalue weighted by atomic mass is 19.1. The van der Waals surface area contributed by atoms with Crippen molar-refractivity contribution in [2.45, 2.75) is 118 Å². The van der Waals surface area contributed by atoms with Crippen molar-refractivity contribution < 1.29 is 23.8 Å². The molecular weight excluding hydrogens is 646 g/mol. The van der Waals surface area contributed by atoms with Crippen molar-refractivity contribution in [1.29, 1.82) is 0 Å². The van der Waals surface area contributed by atoms with Gasteiger partial charge in [0, 0.05) is 69.2 Å². The van der Waals surface area contributed by atoms with E-state index in [9.17, 15) is 18.7 Å². The molecule has 0 radical (unpaired) electrons. The van der Waals surface area contributed by atoms with E-state index in [1.807, 2.05) is 19.9 Å². The number of hydrogen-bond acceptors (Lipinski definition) is 6. The second-order valence-electron chi connectivity index (χ2n) is 16.7. The number of benzene rings is 2. The fourth-order valence-electron chi connectivity index (χ4n) is 7.50. The number of pyridine rings is 1. The molecule has 278 valence electrons. The number of halogens is 2. The Morgan fingerprint density at radius 3 is 2.24 bits per heavy atom. The number of aliphatic hydroxyl groups is 1. The van der Waals surface area contributed by atoms with Crippen LogP contribution in [0, 0.1) is 25.1 Å². The Morgan fingerprint density at radius 1 is 0.941 bits per heavy atom. The first kappa shape index (κ1) is 38.8. The summed E-state index contributed by atoms with van der Waals surface area (Å²) in [4.78, 5) is 24.5. The van der Waals surface area contributed by atoms with Crippen LogP contribution >= 0.6 is 0 Å². The van der Waals surface area contributed by atoms with Crippen molar-refractivity contribution in [3.8, 4) is 11.1 Å². The van der Waals surface area contributed by atoms with Crippen LogP contribution in [-0.4, -0.2) is 75.5 Å². The SMILES string of the molecule is CC(C)(C)O.Cc1cc(F)ccc1CN1CCc2cc(-c3c(CN4CCC(F)CC4)nc(C)c(CC(=O)O)c3N3CCC(C)(C)CC3)ccc2C1. The number of rotatable bonds is 8. The molecule has 0 unspecified atom stereocenters. The number of hydrogen-bond donors (Lipinski definition) is 2. The summed E-state index contributed by atoms with van der Waals surface area (Å²) in [6.45, 7) is 20.0. The van der Waals surface area contributed by atoms with Gasteiger partial charge < -0.3 is 15.1 Å². The molecule has 2 saturated heterocycles. The largest absolute Gasteiger partial charge is 0.481 e. The molecule has 9 heteroatoms. The average Bonchev–Trinajstić information content (AvgIpc) is 3.03. The lowest BCUT2D eigenvalue weighted by Gasteiger charge is -2.40. The van der Waals surface area contributed by atoms with Gasteiger partial charge >= 0.3 is 5.97 Å². The van der Waals surface area contributed by atoms with E-state index >= 15 is 0 Å². The van der Waals surface area contributed by atoms with Crippen LogP contribution < -0.4 is 4.90 Å². The maximum absolute atomic E-state index is 14.1. The van der Waals surface area contributed by atoms with E-state index in [-0.39, 0.29) is 17.7 Å². The predicted octanol–water partition coefficient (Wildman–Crippen LogP) is 8.03. The van der Waals surface area contributed by atoms with Crippen LogP contribution in [0.15, 0.2) is 36.4 Å². The van der Waals surface area contributed by atoms with Crippen LogP contribution in [0.2, 0.25) is 0 Å². The lowest BCUT2D eigenvalue weighted by atomic mass is 9.81. The fraction of sp³-hybridized carbons (Fsp3) is 0.571. The van der Waals surface area contributed by atoms with Crippen LogP contribution in [0.3, 0.4) is 0 Å². The van der Waals surface area contributed by atoms with E-state index in [1.54, 1.807) is 32.9 Å². The van der Waals surface area contributed by atoms with Crippen LogP contribution in [0.4, 0.5) is 14.5 Å². The molecule has 3 aliphatic rings. The van der Waals surface area contributed by atoms with Crippen molar-refractivity contribution in [1.82, 2.24) is 14.8 Å². The molecule has 3 aromatic rings. The summed E-state index contributed by atoms with van der Waals surface area (Å²) in [5.41, 5.74) is 10.1. The van der Waals surface area contributed by atoms with Gasteiger partial charge in [0.15, 0.2) is 0 Å². The molecule has 0 bridgehead atoms. The molecule has 3 aliphatic heterocycles. The van der Waals surface area contributed by atoms with Crippen molar-refractivity contribution in [3.05, 3.63) is 81.4 Å². The number of piperidine rings is 2. The molecule has 0 amide bonds. The summed E-state index contributed by atoms with van der Waals surface area (Å²) in [6.07, 6.45) is 3.22. The van der Waals surface area contributed by atoms with Gasteiger partial charge in [0.25, 0.3) is 0 Å². The molecule has 6 rings (SSSR count). The number of aromatic nitrogens is 1. The van der Waals surface area contributed by atoms with Crippen molar-refractivity contribution >= 4 is 11.7 Å². The topological polar surface area (TPSA) is 80.1 Å². The zero-order chi connectivity index (χ0) is 37.1. The molecule has 2 aromatic carbocycles. The van der Waals surface area contributed by atoms with Gasteiger partial charge in [-0.15, -0.1) is 0 Å². The summed E-state index contributed by atoms with van der Waals surface area (Å²) in [5, 5.41) is 18.5. The predicted molar refractivity (Wildman–Crippen MR) is 201 cm³/mol. The number of anilines is 1. The normalized spacial score (nSPS) is 18.6. The smallest absolute Gasteiger partial charge is 0.307 e. The molecule has 0 saturated carbocycles. The minimum Gasteiger partial charge on any atom is -0.481 e. The Labute approximate surface area is 303 Å². The molecule has 51 heavy (non-hydrogen) atoms. The van der Waals surface area contributed by atoms with E-state index in [4.69, 9.17) is 10.1 Å². The van der Waals surface area contributed by atoms with Gasteiger partial charge in [-0.05, 0) is 112 Å². The van der Waals surface area contributed by atoms with E-state index in [0.717, 1.165) is 96.9 Å². The highest BCUT2D eigenvalue weighted by Gasteiger charge is 2.32. The number of carbonyl (C=O) groups is 1. The number of fused-ring (bicyclic) bond motifs is 1. The average molecular weight is 705 g/mol. The molecule has 7 nitrogen and oxygen atoms in total. The van der Waals surface area contributed by atoms with E-state index in [0.29, 0.717) is 32.5 Å². The minimum absolute atomic E-state index is 0.0721. The maximum atomic E-state index is 14.1. The Kier molecular flexibility index (Phi) is 12.2. The Hall–Kier alpha value is -3.40. The Balaban J connectivity index is 0.000000943. The summed E-state index contributed by atoms with van der Waals surface area (Å²) in [6, 6.07) is 11.8. The third-order valence-electron chi connectivity index (χ3n) is 10.5. The number of likely N-dealkylation sites (tertiary alicyclic amines) is 1. The zero-order valence-corrected chi connectivity index (χ0v) is 31.8. The zero-order valence-electron chi connectivity index (χ0n) is 31.8. The maximum Gasteiger partial charge on any atom is 0.307 e. The van der Waals surface area contributed by atoms with Gasteiger partial charge in [-0.3, -0.25) is 19.6 Å². The van der Waals surface area contributed by atoms with Gasteiger partial charge in [-0.1, -0.05) is 38.1 Å². The summed E-state index contributed by atoms with van der Waals surface area (Å²) >= 11 is 0. The molecule has 0 atom stereocenters. The second kappa shape index (κ2) is 16.1. The summed E-state index contributed by atoms with van der Waals surface area (Å²) < 4.78 is 27.8. The molecule has 1 aromatic heterocycles. The summed E-state index contributed by atoms with van der Waals surface area (Å²) in [5.74, 6) is -1.05. The first-order valence-corrected chi connectivity index (χ1v) is 18.6. The van der Waals surface area contributed by atoms with Crippen molar-refractivity contribution in [2.24, 2.45) is 5.41 Å². The van der Waals surface area contributed by atoms with Gasteiger partial charge in [-0.25, -0.2) is 8.78 Å². The number of aryl methyl sites for hydroxylation is 2. The van der Waals surface area contributed by atoms with Gasteiger partial charge in [0.05, 0.1) is 23.4 Å². The first-order chi connectivity index (χ1) is 24.0. The van der Waals surface area contributed by atoms with Crippen LogP contribution in [0.25, 0.3) is 11.1 Å². The van der Waals surface area contributed by atoms with Crippen molar-refractivity contribution in [3.63, 3.8) is 0 Å². The lowest BCUT2D eigenvalue weighted by molar-refractivity contribution is -0.136. The standard InChI is InChI=1S/C38H48F2N4O2.C4H10O/c1-25-19-32(40)8-7-29(25)22-43-14-9-27-20-28(5-6-30(27)23-43)36-34(24-42-15-10-31(39)11-16-42)41-26(2)33(21-35(45)46)37(36)44-17-12-38(3,4)13-18-44;1-4(2,3)5/h5-8,19-20,31H,9-18,21-24H2,1-4H3,(H,45,46);5H,1-3H3. The molecule has 2 N–H and O–H groups in total. The van der Waals surface area contributed by atoms with E-state index < -0.39 is 17.7 Å². The first-order valence-electron chi connectivity index (χ1n) is 18.6. The lowest BCUT2D eigenvalue weighted by Crippen LogP contribution is -2.39. The van der Waals surface area contributed by atoms with Crippen LogP contribution in [0.1, 0.15) is 99.5 Å². The molecule has 0 aliphatic carbocycles. The third-order valence-corrected chi connectivity index (χ3v) is 10.5. The van der Waals surface area contributed by atoms with Gasteiger partial charge in [0.1, 0.15) is 12.0 Å².